The first-order chi connectivity index (χ1) is 9.79. The van der Waals surface area contributed by atoms with Gasteiger partial charge in [-0.3, -0.25) is 0 Å². The molecule has 2 atom stereocenters. The van der Waals surface area contributed by atoms with Gasteiger partial charge in [0.25, 0.3) is 0 Å². The summed E-state index contributed by atoms with van der Waals surface area (Å²) >= 11 is 0. The Morgan fingerprint density at radius 1 is 1.25 bits per heavy atom. The van der Waals surface area contributed by atoms with E-state index < -0.39 is 6.10 Å². The van der Waals surface area contributed by atoms with E-state index in [9.17, 15) is 5.11 Å². The molecule has 1 N–H and O–H groups in total. The fraction of sp³-hybridized carbons (Fsp3) is 0.625. The lowest BCUT2D eigenvalue weighted by atomic mass is 10.1. The first-order valence-electron chi connectivity index (χ1n) is 7.36. The van der Waals surface area contributed by atoms with Crippen LogP contribution in [-0.2, 0) is 20.8 Å². The fourth-order valence-electron chi connectivity index (χ4n) is 2.24. The van der Waals surface area contributed by atoms with Crippen LogP contribution in [0.4, 0.5) is 0 Å². The van der Waals surface area contributed by atoms with Crippen molar-refractivity contribution in [2.45, 2.75) is 51.3 Å². The van der Waals surface area contributed by atoms with Gasteiger partial charge in [0.2, 0.25) is 0 Å². The van der Waals surface area contributed by atoms with E-state index in [4.69, 9.17) is 14.2 Å². The van der Waals surface area contributed by atoms with Gasteiger partial charge in [0.05, 0.1) is 32.0 Å². The Labute approximate surface area is 120 Å². The maximum absolute atomic E-state index is 10.1. The van der Waals surface area contributed by atoms with Crippen LogP contribution in [0.3, 0.4) is 0 Å². The highest BCUT2D eigenvalue weighted by atomic mass is 16.7. The van der Waals surface area contributed by atoms with Gasteiger partial charge < -0.3 is 19.3 Å². The van der Waals surface area contributed by atoms with Gasteiger partial charge in [-0.25, -0.2) is 0 Å². The average molecular weight is 280 g/mol. The molecular weight excluding hydrogens is 256 g/mol. The molecule has 1 fully saturated rings. The van der Waals surface area contributed by atoms with Gasteiger partial charge >= 0.3 is 0 Å². The second-order valence-corrected chi connectivity index (χ2v) is 5.07. The minimum atomic E-state index is -0.493. The van der Waals surface area contributed by atoms with E-state index in [1.54, 1.807) is 0 Å². The summed E-state index contributed by atoms with van der Waals surface area (Å²) in [5.74, 6) is 0. The van der Waals surface area contributed by atoms with Crippen LogP contribution in [0.5, 0.6) is 0 Å². The van der Waals surface area contributed by atoms with Crippen LogP contribution >= 0.6 is 0 Å². The molecule has 0 aliphatic carbocycles. The summed E-state index contributed by atoms with van der Waals surface area (Å²) in [5.41, 5.74) is 1.10. The molecule has 1 heterocycles. The highest BCUT2D eigenvalue weighted by molar-refractivity contribution is 5.13. The van der Waals surface area contributed by atoms with Crippen molar-refractivity contribution in [3.8, 4) is 0 Å². The molecule has 0 amide bonds. The minimum Gasteiger partial charge on any atom is -0.390 e. The Morgan fingerprint density at radius 2 is 1.95 bits per heavy atom. The summed E-state index contributed by atoms with van der Waals surface area (Å²) in [6.45, 7) is 3.89. The molecule has 0 aromatic heterocycles. The molecule has 1 aliphatic heterocycles. The number of ether oxygens (including phenoxy) is 3. The van der Waals surface area contributed by atoms with Gasteiger partial charge in [0, 0.05) is 6.42 Å². The topological polar surface area (TPSA) is 47.9 Å². The van der Waals surface area contributed by atoms with Crippen LogP contribution in [-0.4, -0.2) is 36.8 Å². The number of aliphatic hydroxyl groups excluding tert-OH is 1. The first-order valence-corrected chi connectivity index (χ1v) is 7.36. The average Bonchev–Trinajstić information content (AvgIpc) is 2.52. The number of benzene rings is 1. The summed E-state index contributed by atoms with van der Waals surface area (Å²) in [4.78, 5) is 0. The SMILES string of the molecule is CC[C@H](O)[C@H](CC1OCCCO1)OCc1ccccc1. The number of aliphatic hydroxyl groups is 1. The van der Waals surface area contributed by atoms with Gasteiger partial charge in [-0.05, 0) is 18.4 Å². The van der Waals surface area contributed by atoms with Crippen molar-refractivity contribution in [1.82, 2.24) is 0 Å². The molecule has 2 rings (SSSR count). The highest BCUT2D eigenvalue weighted by Crippen LogP contribution is 2.18. The lowest BCUT2D eigenvalue weighted by Gasteiger charge is -2.29. The maximum atomic E-state index is 10.1. The van der Waals surface area contributed by atoms with E-state index in [0.29, 0.717) is 19.4 Å². The number of rotatable bonds is 7. The quantitative estimate of drug-likeness (QED) is 0.833. The fourth-order valence-corrected chi connectivity index (χ4v) is 2.24. The molecule has 4 nitrogen and oxygen atoms in total. The molecule has 0 spiro atoms. The van der Waals surface area contributed by atoms with Crippen molar-refractivity contribution in [3.63, 3.8) is 0 Å². The lowest BCUT2D eigenvalue weighted by molar-refractivity contribution is -0.203. The zero-order valence-corrected chi connectivity index (χ0v) is 12.0. The number of hydrogen-bond donors (Lipinski definition) is 1. The van der Waals surface area contributed by atoms with Crippen LogP contribution in [0.1, 0.15) is 31.7 Å². The van der Waals surface area contributed by atoms with E-state index in [1.165, 1.54) is 0 Å². The van der Waals surface area contributed by atoms with E-state index >= 15 is 0 Å². The molecule has 0 radical (unpaired) electrons. The Balaban J connectivity index is 1.86. The van der Waals surface area contributed by atoms with Crippen LogP contribution in [0.15, 0.2) is 30.3 Å². The second kappa shape index (κ2) is 8.37. The van der Waals surface area contributed by atoms with Gasteiger partial charge in [-0.1, -0.05) is 37.3 Å². The third kappa shape index (κ3) is 4.87. The molecule has 1 saturated heterocycles. The predicted octanol–water partition coefficient (Wildman–Crippen LogP) is 2.50. The van der Waals surface area contributed by atoms with Crippen LogP contribution in [0.25, 0.3) is 0 Å². The Morgan fingerprint density at radius 3 is 2.60 bits per heavy atom. The van der Waals surface area contributed by atoms with E-state index in [-0.39, 0.29) is 12.4 Å². The number of hydrogen-bond acceptors (Lipinski definition) is 4. The summed E-state index contributed by atoms with van der Waals surface area (Å²) in [5, 5.41) is 10.1. The summed E-state index contributed by atoms with van der Waals surface area (Å²) in [6, 6.07) is 9.98. The van der Waals surface area contributed by atoms with Crippen molar-refractivity contribution < 1.29 is 19.3 Å². The predicted molar refractivity (Wildman–Crippen MR) is 76.2 cm³/mol. The molecule has 4 heteroatoms. The standard InChI is InChI=1S/C16H24O4/c1-2-14(17)15(11-16-18-9-6-10-19-16)20-12-13-7-4-3-5-8-13/h3-5,7-8,14-17H,2,6,9-12H2,1H3/t14-,15-/m0/s1. The van der Waals surface area contributed by atoms with Crippen LogP contribution in [0.2, 0.25) is 0 Å². The van der Waals surface area contributed by atoms with E-state index in [0.717, 1.165) is 25.2 Å². The molecule has 0 saturated carbocycles. The third-order valence-electron chi connectivity index (χ3n) is 3.48. The molecular formula is C16H24O4. The van der Waals surface area contributed by atoms with Gasteiger partial charge in [-0.2, -0.15) is 0 Å². The molecule has 112 valence electrons. The normalized spacial score (nSPS) is 19.7. The van der Waals surface area contributed by atoms with Crippen LogP contribution < -0.4 is 0 Å². The Hall–Kier alpha value is -0.940. The van der Waals surface area contributed by atoms with Crippen LogP contribution in [0, 0.1) is 0 Å². The zero-order valence-electron chi connectivity index (χ0n) is 12.0. The molecule has 1 aliphatic rings. The third-order valence-corrected chi connectivity index (χ3v) is 3.48. The van der Waals surface area contributed by atoms with E-state index in [1.807, 2.05) is 37.3 Å². The summed E-state index contributed by atoms with van der Waals surface area (Å²) < 4.78 is 17.0. The summed E-state index contributed by atoms with van der Waals surface area (Å²) in [7, 11) is 0. The molecule has 1 aromatic rings. The molecule has 20 heavy (non-hydrogen) atoms. The van der Waals surface area contributed by atoms with E-state index in [2.05, 4.69) is 0 Å². The Bertz CT molecular complexity index is 362. The minimum absolute atomic E-state index is 0.259. The van der Waals surface area contributed by atoms with Crippen molar-refractivity contribution >= 4 is 0 Å². The van der Waals surface area contributed by atoms with Gasteiger partial charge in [0.1, 0.15) is 0 Å². The summed E-state index contributed by atoms with van der Waals surface area (Å²) in [6.07, 6.45) is 1.15. The first kappa shape index (κ1) is 15.4. The van der Waals surface area contributed by atoms with Crippen molar-refractivity contribution in [1.29, 1.82) is 0 Å². The second-order valence-electron chi connectivity index (χ2n) is 5.07. The van der Waals surface area contributed by atoms with Crippen molar-refractivity contribution in [2.24, 2.45) is 0 Å². The van der Waals surface area contributed by atoms with Gasteiger partial charge in [0.15, 0.2) is 6.29 Å². The van der Waals surface area contributed by atoms with Crippen molar-refractivity contribution in [3.05, 3.63) is 35.9 Å². The smallest absolute Gasteiger partial charge is 0.160 e. The largest absolute Gasteiger partial charge is 0.390 e. The Kier molecular flexibility index (Phi) is 6.47. The molecule has 1 aromatic carbocycles. The zero-order chi connectivity index (χ0) is 14.2. The lowest BCUT2D eigenvalue weighted by Crippen LogP contribution is -2.36. The monoisotopic (exact) mass is 280 g/mol. The molecule has 0 bridgehead atoms. The van der Waals surface area contributed by atoms with Crippen molar-refractivity contribution in [2.75, 3.05) is 13.2 Å². The molecule has 0 unspecified atom stereocenters. The highest BCUT2D eigenvalue weighted by Gasteiger charge is 2.25. The maximum Gasteiger partial charge on any atom is 0.160 e. The van der Waals surface area contributed by atoms with Gasteiger partial charge in [-0.15, -0.1) is 0 Å².